The number of nitrogens with zero attached hydrogens (tertiary/aromatic N) is 3. The first kappa shape index (κ1) is 55.0. The van der Waals surface area contributed by atoms with E-state index in [9.17, 15) is 36.5 Å². The van der Waals surface area contributed by atoms with Gasteiger partial charge in [0.2, 0.25) is 0 Å². The smallest absolute Gasteiger partial charge is 0.297 e. The van der Waals surface area contributed by atoms with Gasteiger partial charge in [-0.05, 0) is 55.0 Å². The maximum absolute atomic E-state index is 13.6. The van der Waals surface area contributed by atoms with E-state index in [-0.39, 0.29) is 40.1 Å². The molecule has 5 aromatic rings. The highest BCUT2D eigenvalue weighted by molar-refractivity contribution is 7.86. The van der Waals surface area contributed by atoms with Crippen LogP contribution in [-0.2, 0) is 32.3 Å². The average molecular weight is 981 g/mol. The molecular formula is C50H68N4O12S2. The first-order valence-electron chi connectivity index (χ1n) is 23.4. The number of hydrogen-bond donors (Lipinski definition) is 3. The SMILES string of the molecule is CCCCCCCCCCCCCCCCCCN(C)C(=O)c1ccc(-n2oc(C(C)(C)C)c(COc3ccc(N)cc3)c2=O)c([N+](=O)[O-])c1.O=S(=O)(O)c1cccc2c(S(=O)(=O)O)cccc12. The van der Waals surface area contributed by atoms with Gasteiger partial charge in [0.25, 0.3) is 37.4 Å². The number of carbonyl (C=O) groups excluding carboxylic acids is 1. The van der Waals surface area contributed by atoms with Crippen molar-refractivity contribution in [3.63, 3.8) is 0 Å². The second-order valence-electron chi connectivity index (χ2n) is 18.2. The monoisotopic (exact) mass is 980 g/mol. The fourth-order valence-electron chi connectivity index (χ4n) is 7.90. The van der Waals surface area contributed by atoms with Crippen molar-refractivity contribution in [2.45, 2.75) is 152 Å². The molecule has 0 aliphatic heterocycles. The van der Waals surface area contributed by atoms with E-state index in [1.165, 1.54) is 126 Å². The second-order valence-corrected chi connectivity index (χ2v) is 20.9. The normalized spacial score (nSPS) is 11.9. The summed E-state index contributed by atoms with van der Waals surface area (Å²) in [5.41, 5.74) is 5.17. The van der Waals surface area contributed by atoms with E-state index in [1.807, 2.05) is 20.8 Å². The number of nitrogens with two attached hydrogens (primary N) is 1. The van der Waals surface area contributed by atoms with Gasteiger partial charge in [0.15, 0.2) is 11.4 Å². The molecule has 0 saturated carbocycles. The summed E-state index contributed by atoms with van der Waals surface area (Å²) < 4.78 is 75.4. The molecule has 0 aliphatic rings. The van der Waals surface area contributed by atoms with Crippen molar-refractivity contribution in [3.05, 3.63) is 116 Å². The third-order valence-corrected chi connectivity index (χ3v) is 13.4. The lowest BCUT2D eigenvalue weighted by Gasteiger charge is -2.17. The molecule has 1 heterocycles. The summed E-state index contributed by atoms with van der Waals surface area (Å²) in [6, 6.07) is 18.4. The average Bonchev–Trinajstić information content (AvgIpc) is 3.63. The number of fused-ring (bicyclic) bond motifs is 1. The van der Waals surface area contributed by atoms with E-state index in [1.54, 1.807) is 36.2 Å². The Morgan fingerprint density at radius 2 is 1.22 bits per heavy atom. The van der Waals surface area contributed by atoms with Gasteiger partial charge in [-0.2, -0.15) is 16.8 Å². The van der Waals surface area contributed by atoms with E-state index in [2.05, 4.69) is 6.92 Å². The van der Waals surface area contributed by atoms with E-state index >= 15 is 0 Å². The lowest BCUT2D eigenvalue weighted by molar-refractivity contribution is -0.384. The zero-order valence-electron chi connectivity index (χ0n) is 39.9. The van der Waals surface area contributed by atoms with Crippen molar-refractivity contribution in [1.82, 2.24) is 9.64 Å². The van der Waals surface area contributed by atoms with Gasteiger partial charge in [0, 0.05) is 47.1 Å². The van der Waals surface area contributed by atoms with Crippen LogP contribution in [-0.4, -0.2) is 60.0 Å². The number of carbonyl (C=O) groups is 1. The van der Waals surface area contributed by atoms with Crippen molar-refractivity contribution in [2.75, 3.05) is 19.3 Å². The number of hydrogen-bond acceptors (Lipinski definition) is 11. The highest BCUT2D eigenvalue weighted by Crippen LogP contribution is 2.31. The Balaban J connectivity index is 0.000000464. The predicted molar refractivity (Wildman–Crippen MR) is 265 cm³/mol. The molecule has 4 N–H and O–H groups in total. The van der Waals surface area contributed by atoms with Crippen LogP contribution in [0.5, 0.6) is 5.75 Å². The van der Waals surface area contributed by atoms with Gasteiger partial charge in [-0.25, -0.2) is 0 Å². The zero-order valence-corrected chi connectivity index (χ0v) is 41.6. The van der Waals surface area contributed by atoms with Crippen LogP contribution in [0.3, 0.4) is 0 Å². The number of amides is 1. The molecule has 0 fully saturated rings. The Morgan fingerprint density at radius 3 is 1.66 bits per heavy atom. The van der Waals surface area contributed by atoms with Gasteiger partial charge in [-0.1, -0.05) is 148 Å². The maximum Gasteiger partial charge on any atom is 0.297 e. The van der Waals surface area contributed by atoms with Crippen molar-refractivity contribution >= 4 is 48.3 Å². The molecule has 0 aliphatic carbocycles. The first-order chi connectivity index (χ1) is 32.1. The largest absolute Gasteiger partial charge is 0.489 e. The lowest BCUT2D eigenvalue weighted by atomic mass is 9.91. The van der Waals surface area contributed by atoms with Crippen LogP contribution < -0.4 is 16.0 Å². The third kappa shape index (κ3) is 16.3. The standard InChI is InChI=1S/C40H60N4O6.C10H8O6S2/c1-6-7-8-9-10-11-12-13-14-15-16-17-18-19-20-21-28-42(5)38(45)31-22-27-35(36(29-31)44(47)48)43-39(46)34(37(50-43)40(2,3)4)30-49-33-25-23-32(41)24-26-33;11-17(12,13)9-5-1-3-7-8(9)4-2-6-10(7)18(14,15)16/h22-27,29H,6-21,28,30,41H2,1-5H3;1-6H,(H,11,12,13)(H,14,15,16). The Hall–Kier alpha value is -5.56. The van der Waals surface area contributed by atoms with E-state index < -0.39 is 51.6 Å². The summed E-state index contributed by atoms with van der Waals surface area (Å²) in [6.07, 6.45) is 20.5. The lowest BCUT2D eigenvalue weighted by Crippen LogP contribution is -2.28. The number of benzene rings is 4. The minimum absolute atomic E-state index is 0.0233. The van der Waals surface area contributed by atoms with Crippen LogP contribution in [0.1, 0.15) is 152 Å². The number of nitro groups is 1. The number of unbranched alkanes of at least 4 members (excludes halogenated alkanes) is 15. The molecule has 1 aromatic heterocycles. The van der Waals surface area contributed by atoms with Gasteiger partial charge in [0.1, 0.15) is 22.1 Å². The zero-order chi connectivity index (χ0) is 50.1. The fourth-order valence-corrected chi connectivity index (χ4v) is 9.31. The molecule has 4 aromatic carbocycles. The van der Waals surface area contributed by atoms with Crippen molar-refractivity contribution in [3.8, 4) is 11.4 Å². The summed E-state index contributed by atoms with van der Waals surface area (Å²) in [5, 5.41) is 12.3. The Morgan fingerprint density at radius 1 is 0.750 bits per heavy atom. The van der Waals surface area contributed by atoms with Gasteiger partial charge >= 0.3 is 0 Å². The minimum Gasteiger partial charge on any atom is -0.489 e. The van der Waals surface area contributed by atoms with Crippen molar-refractivity contribution in [1.29, 1.82) is 0 Å². The summed E-state index contributed by atoms with van der Waals surface area (Å²) in [7, 11) is -7.22. The van der Waals surface area contributed by atoms with Crippen molar-refractivity contribution in [2.24, 2.45) is 0 Å². The summed E-state index contributed by atoms with van der Waals surface area (Å²) in [5.74, 6) is 0.565. The molecule has 68 heavy (non-hydrogen) atoms. The molecule has 372 valence electrons. The first-order valence-corrected chi connectivity index (χ1v) is 26.3. The van der Waals surface area contributed by atoms with E-state index in [0.29, 0.717) is 23.7 Å². The van der Waals surface area contributed by atoms with Crippen LogP contribution >= 0.6 is 0 Å². The van der Waals surface area contributed by atoms with Gasteiger partial charge in [0.05, 0.1) is 10.5 Å². The van der Waals surface area contributed by atoms with Crippen LogP contribution in [0.2, 0.25) is 0 Å². The molecule has 0 unspecified atom stereocenters. The predicted octanol–water partition coefficient (Wildman–Crippen LogP) is 11.5. The molecule has 16 nitrogen and oxygen atoms in total. The summed E-state index contributed by atoms with van der Waals surface area (Å²) >= 11 is 0. The fraction of sp³-hybridized carbons (Fsp3) is 0.480. The van der Waals surface area contributed by atoms with Gasteiger partial charge < -0.3 is 19.9 Å². The van der Waals surface area contributed by atoms with Crippen LogP contribution in [0.25, 0.3) is 16.5 Å². The summed E-state index contributed by atoms with van der Waals surface area (Å²) in [4.78, 5) is 39.2. The third-order valence-electron chi connectivity index (χ3n) is 11.6. The number of ether oxygens (including phenoxy) is 1. The highest BCUT2D eigenvalue weighted by atomic mass is 32.2. The maximum atomic E-state index is 13.6. The quantitative estimate of drug-likeness (QED) is 0.0162. The molecule has 0 radical (unpaired) electrons. The highest BCUT2D eigenvalue weighted by Gasteiger charge is 2.31. The van der Waals surface area contributed by atoms with Crippen LogP contribution in [0.15, 0.2) is 98.0 Å². The molecule has 18 heteroatoms. The van der Waals surface area contributed by atoms with Gasteiger partial charge in [-0.3, -0.25) is 28.8 Å². The van der Waals surface area contributed by atoms with E-state index in [4.69, 9.17) is 24.1 Å². The molecule has 0 bridgehead atoms. The second kappa shape index (κ2) is 25.7. The number of anilines is 1. The number of rotatable bonds is 25. The topological polar surface area (TPSA) is 243 Å². The van der Waals surface area contributed by atoms with Gasteiger partial charge in [-0.15, -0.1) is 4.74 Å². The minimum atomic E-state index is -4.47. The summed E-state index contributed by atoms with van der Waals surface area (Å²) in [6.45, 7) is 8.38. The number of aromatic nitrogens is 1. The Labute approximate surface area is 400 Å². The van der Waals surface area contributed by atoms with E-state index in [0.717, 1.165) is 36.1 Å². The van der Waals surface area contributed by atoms with Crippen molar-refractivity contribution < 1.29 is 44.9 Å². The molecule has 0 atom stereocenters. The van der Waals surface area contributed by atoms with Crippen LogP contribution in [0.4, 0.5) is 11.4 Å². The molecule has 5 rings (SSSR count). The Kier molecular flexibility index (Phi) is 20.8. The molecule has 0 spiro atoms. The number of nitrogen functional groups attached to an aromatic ring is 1. The van der Waals surface area contributed by atoms with Crippen LogP contribution in [0, 0.1) is 10.1 Å². The Bertz CT molecular complexity index is 2650. The number of nitro benzene ring substituents is 1. The molecule has 0 saturated heterocycles. The molecular weight excluding hydrogens is 913 g/mol. The molecule has 1 amide bonds.